The second-order valence-corrected chi connectivity index (χ2v) is 7.06. The zero-order valence-corrected chi connectivity index (χ0v) is 13.5. The van der Waals surface area contributed by atoms with Crippen molar-refractivity contribution in [1.82, 2.24) is 4.31 Å². The second kappa shape index (κ2) is 8.07. The van der Waals surface area contributed by atoms with Gasteiger partial charge in [-0.25, -0.2) is 12.7 Å². The summed E-state index contributed by atoms with van der Waals surface area (Å²) in [6.45, 7) is 8.85. The molecule has 0 amide bonds. The molecule has 4 nitrogen and oxygen atoms in total. The Morgan fingerprint density at radius 1 is 1.17 bits per heavy atom. The predicted molar refractivity (Wildman–Crippen MR) is 81.1 cm³/mol. The van der Waals surface area contributed by atoms with Gasteiger partial charge in [0.05, 0.1) is 4.99 Å². The number of thiocarbonyl (C=S) groups is 1. The molecule has 0 heterocycles. The average Bonchev–Trinajstić information content (AvgIpc) is 2.30. The minimum atomic E-state index is -3.41. The van der Waals surface area contributed by atoms with Gasteiger partial charge in [-0.15, -0.1) is 0 Å². The first kappa shape index (κ1) is 17.8. The lowest BCUT2D eigenvalue weighted by Crippen LogP contribution is -2.45. The van der Waals surface area contributed by atoms with Crippen molar-refractivity contribution in [3.63, 3.8) is 0 Å². The molecule has 108 valence electrons. The van der Waals surface area contributed by atoms with Crippen LogP contribution in [0.1, 0.15) is 47.0 Å². The van der Waals surface area contributed by atoms with E-state index in [0.717, 1.165) is 12.8 Å². The second-order valence-electron chi connectivity index (χ2n) is 4.48. The van der Waals surface area contributed by atoms with Crippen LogP contribution < -0.4 is 5.73 Å². The molecule has 1 atom stereocenters. The Hall–Kier alpha value is -0.200. The van der Waals surface area contributed by atoms with Gasteiger partial charge in [-0.05, 0) is 12.3 Å². The molecule has 0 aromatic rings. The predicted octanol–water partition coefficient (Wildman–Crippen LogP) is 2.14. The lowest BCUT2D eigenvalue weighted by Gasteiger charge is -2.28. The van der Waals surface area contributed by atoms with E-state index in [2.05, 4.69) is 13.8 Å². The summed E-state index contributed by atoms with van der Waals surface area (Å²) < 4.78 is 26.4. The average molecular weight is 294 g/mol. The molecule has 18 heavy (non-hydrogen) atoms. The van der Waals surface area contributed by atoms with Gasteiger partial charge in [0.1, 0.15) is 5.25 Å². The molecule has 0 aromatic heterocycles. The zero-order valence-electron chi connectivity index (χ0n) is 11.8. The molecule has 0 saturated heterocycles. The molecule has 0 saturated carbocycles. The Labute approximate surface area is 117 Å². The van der Waals surface area contributed by atoms with Crippen molar-refractivity contribution in [2.24, 2.45) is 11.7 Å². The number of rotatable bonds is 9. The molecule has 0 rings (SSSR count). The molecule has 1 unspecified atom stereocenters. The maximum atomic E-state index is 12.5. The highest BCUT2D eigenvalue weighted by molar-refractivity contribution is 7.92. The summed E-state index contributed by atoms with van der Waals surface area (Å²) in [5.41, 5.74) is 5.55. The van der Waals surface area contributed by atoms with E-state index in [9.17, 15) is 8.42 Å². The van der Waals surface area contributed by atoms with E-state index in [0.29, 0.717) is 25.4 Å². The van der Waals surface area contributed by atoms with Crippen LogP contribution in [0.3, 0.4) is 0 Å². The molecule has 0 aliphatic rings. The van der Waals surface area contributed by atoms with Crippen molar-refractivity contribution in [3.8, 4) is 0 Å². The smallest absolute Gasteiger partial charge is 0.223 e. The first-order chi connectivity index (χ1) is 8.34. The van der Waals surface area contributed by atoms with E-state index < -0.39 is 15.3 Å². The van der Waals surface area contributed by atoms with Crippen molar-refractivity contribution < 1.29 is 8.42 Å². The number of nitrogens with two attached hydrogens (primary N) is 1. The van der Waals surface area contributed by atoms with Gasteiger partial charge in [-0.3, -0.25) is 0 Å². The molecular formula is C12H26N2O2S2. The Bertz CT molecular complexity index is 351. The summed E-state index contributed by atoms with van der Waals surface area (Å²) in [4.78, 5) is 0.0699. The van der Waals surface area contributed by atoms with Crippen molar-refractivity contribution in [2.45, 2.75) is 52.2 Å². The topological polar surface area (TPSA) is 63.4 Å². The fourth-order valence-corrected chi connectivity index (χ4v) is 4.37. The number of hydrogen-bond acceptors (Lipinski definition) is 3. The van der Waals surface area contributed by atoms with Gasteiger partial charge in [0.15, 0.2) is 0 Å². The van der Waals surface area contributed by atoms with Crippen LogP contribution in [0.25, 0.3) is 0 Å². The quantitative estimate of drug-likeness (QED) is 0.662. The summed E-state index contributed by atoms with van der Waals surface area (Å²) in [7, 11) is -3.41. The van der Waals surface area contributed by atoms with Gasteiger partial charge < -0.3 is 5.73 Å². The fourth-order valence-electron chi connectivity index (χ4n) is 1.99. The van der Waals surface area contributed by atoms with Gasteiger partial charge in [-0.1, -0.05) is 52.8 Å². The van der Waals surface area contributed by atoms with Crippen molar-refractivity contribution in [2.75, 3.05) is 13.1 Å². The van der Waals surface area contributed by atoms with E-state index in [1.807, 2.05) is 6.92 Å². The van der Waals surface area contributed by atoms with Crippen LogP contribution >= 0.6 is 12.2 Å². The van der Waals surface area contributed by atoms with Gasteiger partial charge in [0.25, 0.3) is 0 Å². The molecule has 2 N–H and O–H groups in total. The minimum absolute atomic E-state index is 0.0699. The Morgan fingerprint density at radius 3 is 1.94 bits per heavy atom. The third-order valence-corrected chi connectivity index (χ3v) is 6.24. The summed E-state index contributed by atoms with van der Waals surface area (Å²) in [6, 6.07) is 0. The largest absolute Gasteiger partial charge is 0.392 e. The summed E-state index contributed by atoms with van der Waals surface area (Å²) in [6.07, 6.45) is 2.38. The van der Waals surface area contributed by atoms with E-state index >= 15 is 0 Å². The molecule has 0 aliphatic carbocycles. The standard InChI is InChI=1S/C12H26N2O2S2/c1-5-10(6-2)9-14(8-4)18(15,16)11(7-3)12(13)17/h10-11H,5-9H2,1-4H3,(H2,13,17). The summed E-state index contributed by atoms with van der Waals surface area (Å²) >= 11 is 4.87. The maximum Gasteiger partial charge on any atom is 0.223 e. The minimum Gasteiger partial charge on any atom is -0.392 e. The van der Waals surface area contributed by atoms with Gasteiger partial charge in [0, 0.05) is 13.1 Å². The molecule has 0 fully saturated rings. The van der Waals surface area contributed by atoms with Crippen LogP contribution in [0.5, 0.6) is 0 Å². The highest BCUT2D eigenvalue weighted by Gasteiger charge is 2.32. The van der Waals surface area contributed by atoms with Gasteiger partial charge >= 0.3 is 0 Å². The van der Waals surface area contributed by atoms with E-state index in [-0.39, 0.29) is 4.99 Å². The van der Waals surface area contributed by atoms with Crippen LogP contribution in [-0.2, 0) is 10.0 Å². The molecular weight excluding hydrogens is 268 g/mol. The van der Waals surface area contributed by atoms with Crippen LogP contribution in [-0.4, -0.2) is 36.1 Å². The molecule has 0 bridgehead atoms. The van der Waals surface area contributed by atoms with Crippen molar-refractivity contribution >= 4 is 27.2 Å². The summed E-state index contributed by atoms with van der Waals surface area (Å²) in [5, 5.41) is -0.734. The Morgan fingerprint density at radius 2 is 1.67 bits per heavy atom. The number of hydrogen-bond donors (Lipinski definition) is 1. The van der Waals surface area contributed by atoms with E-state index in [4.69, 9.17) is 18.0 Å². The lowest BCUT2D eigenvalue weighted by atomic mass is 10.0. The molecule has 6 heteroatoms. The highest BCUT2D eigenvalue weighted by Crippen LogP contribution is 2.17. The van der Waals surface area contributed by atoms with Crippen LogP contribution in [0, 0.1) is 5.92 Å². The van der Waals surface area contributed by atoms with E-state index in [1.165, 1.54) is 4.31 Å². The summed E-state index contributed by atoms with van der Waals surface area (Å²) in [5.74, 6) is 0.392. The number of sulfonamides is 1. The van der Waals surface area contributed by atoms with Crippen molar-refractivity contribution in [3.05, 3.63) is 0 Å². The highest BCUT2D eigenvalue weighted by atomic mass is 32.2. The van der Waals surface area contributed by atoms with Crippen LogP contribution in [0.4, 0.5) is 0 Å². The Kier molecular flexibility index (Phi) is 7.98. The van der Waals surface area contributed by atoms with Crippen LogP contribution in [0.15, 0.2) is 0 Å². The third kappa shape index (κ3) is 4.48. The SMILES string of the molecule is CCC(CC)CN(CC)S(=O)(=O)C(CC)C(N)=S. The van der Waals surface area contributed by atoms with Crippen molar-refractivity contribution in [1.29, 1.82) is 0 Å². The molecule has 0 aromatic carbocycles. The first-order valence-electron chi connectivity index (χ1n) is 6.63. The lowest BCUT2D eigenvalue weighted by molar-refractivity contribution is 0.337. The molecule has 0 aliphatic heterocycles. The Balaban J connectivity index is 5.08. The maximum absolute atomic E-state index is 12.5. The van der Waals surface area contributed by atoms with E-state index in [1.54, 1.807) is 6.92 Å². The van der Waals surface area contributed by atoms with Crippen LogP contribution in [0.2, 0.25) is 0 Å². The normalized spacial score (nSPS) is 14.1. The molecule has 0 spiro atoms. The van der Waals surface area contributed by atoms with Gasteiger partial charge in [-0.2, -0.15) is 0 Å². The van der Waals surface area contributed by atoms with Gasteiger partial charge in [0.2, 0.25) is 10.0 Å². The fraction of sp³-hybridized carbons (Fsp3) is 0.917. The monoisotopic (exact) mass is 294 g/mol. The first-order valence-corrected chi connectivity index (χ1v) is 8.54. The molecule has 0 radical (unpaired) electrons. The number of nitrogens with zero attached hydrogens (tertiary/aromatic N) is 1. The third-order valence-electron chi connectivity index (χ3n) is 3.38. The zero-order chi connectivity index (χ0) is 14.3.